The van der Waals surface area contributed by atoms with Crippen LogP contribution in [-0.2, 0) is 16.0 Å². The van der Waals surface area contributed by atoms with Crippen molar-refractivity contribution >= 4 is 28.3 Å². The Morgan fingerprint density at radius 2 is 2.00 bits per heavy atom. The highest BCUT2D eigenvalue weighted by atomic mass is 32.1. The van der Waals surface area contributed by atoms with Crippen LogP contribution in [-0.4, -0.2) is 23.9 Å². The van der Waals surface area contributed by atoms with Crippen LogP contribution < -0.4 is 15.4 Å². The van der Waals surface area contributed by atoms with E-state index in [0.29, 0.717) is 11.6 Å². The van der Waals surface area contributed by atoms with Crippen LogP contribution >= 0.6 is 11.3 Å². The Bertz CT molecular complexity index is 1140. The van der Waals surface area contributed by atoms with E-state index in [1.165, 1.54) is 29.4 Å². The van der Waals surface area contributed by atoms with E-state index >= 15 is 0 Å². The quantitative estimate of drug-likeness (QED) is 0.487. The summed E-state index contributed by atoms with van der Waals surface area (Å²) in [7, 11) is 1.68. The Morgan fingerprint density at radius 1 is 1.21 bits per heavy atom. The number of ether oxygens (including phenoxy) is 1. The average Bonchev–Trinajstić information content (AvgIpc) is 3.26. The fraction of sp³-hybridized carbons (Fsp3) is 0.346. The van der Waals surface area contributed by atoms with Crippen LogP contribution in [0.25, 0.3) is 11.3 Å². The number of carbonyl (C=O) groups is 2. The van der Waals surface area contributed by atoms with E-state index in [0.717, 1.165) is 41.8 Å². The third kappa shape index (κ3) is 5.60. The zero-order valence-electron chi connectivity index (χ0n) is 19.2. The molecular weight excluding hydrogens is 434 g/mol. The number of anilines is 1. The van der Waals surface area contributed by atoms with Crippen LogP contribution in [0, 0.1) is 0 Å². The van der Waals surface area contributed by atoms with Gasteiger partial charge in [-0.05, 0) is 60.9 Å². The number of rotatable bonds is 7. The fourth-order valence-corrected chi connectivity index (χ4v) is 5.15. The highest BCUT2D eigenvalue weighted by Crippen LogP contribution is 2.36. The van der Waals surface area contributed by atoms with Crippen molar-refractivity contribution in [1.29, 1.82) is 0 Å². The first-order chi connectivity index (χ1) is 15.9. The molecule has 33 heavy (non-hydrogen) atoms. The molecule has 1 aliphatic rings. The number of nitrogens with zero attached hydrogens (tertiary/aromatic N) is 1. The molecule has 0 radical (unpaired) electrons. The van der Waals surface area contributed by atoms with Crippen LogP contribution in [0.5, 0.6) is 5.75 Å². The zero-order chi connectivity index (χ0) is 23.4. The number of methoxy groups -OCH3 is 1. The number of thiazole rings is 1. The van der Waals surface area contributed by atoms with E-state index in [1.807, 2.05) is 42.6 Å². The lowest BCUT2D eigenvalue weighted by Crippen LogP contribution is -2.23. The van der Waals surface area contributed by atoms with Crippen molar-refractivity contribution < 1.29 is 14.3 Å². The predicted octanol–water partition coefficient (Wildman–Crippen LogP) is 5.46. The monoisotopic (exact) mass is 463 g/mol. The predicted molar refractivity (Wildman–Crippen MR) is 132 cm³/mol. The normalized spacial score (nSPS) is 15.9. The summed E-state index contributed by atoms with van der Waals surface area (Å²) in [6, 6.07) is 14.1. The summed E-state index contributed by atoms with van der Waals surface area (Å²) >= 11 is 1.43. The van der Waals surface area contributed by atoms with Crippen LogP contribution in [0.15, 0.2) is 47.8 Å². The molecule has 3 aromatic rings. The molecule has 0 bridgehead atoms. The topological polar surface area (TPSA) is 80.3 Å². The van der Waals surface area contributed by atoms with Crippen LogP contribution in [0.1, 0.15) is 61.8 Å². The van der Waals surface area contributed by atoms with Gasteiger partial charge in [0.15, 0.2) is 5.13 Å². The molecule has 1 heterocycles. The number of aryl methyl sites for hydroxylation is 1. The van der Waals surface area contributed by atoms with E-state index in [-0.39, 0.29) is 23.8 Å². The van der Waals surface area contributed by atoms with Crippen molar-refractivity contribution in [1.82, 2.24) is 10.3 Å². The molecule has 0 saturated carbocycles. The number of hydrogen-bond acceptors (Lipinski definition) is 5. The molecule has 2 unspecified atom stereocenters. The van der Waals surface area contributed by atoms with Crippen molar-refractivity contribution in [2.24, 2.45) is 0 Å². The second-order valence-electron chi connectivity index (χ2n) is 8.49. The van der Waals surface area contributed by atoms with Crippen molar-refractivity contribution in [2.45, 2.75) is 51.5 Å². The number of amides is 2. The third-order valence-corrected chi connectivity index (χ3v) is 6.85. The van der Waals surface area contributed by atoms with Crippen LogP contribution in [0.4, 0.5) is 5.13 Å². The molecule has 0 fully saturated rings. The van der Waals surface area contributed by atoms with Gasteiger partial charge in [-0.2, -0.15) is 0 Å². The van der Waals surface area contributed by atoms with Gasteiger partial charge in [0.2, 0.25) is 11.8 Å². The Hall–Kier alpha value is -3.19. The second-order valence-corrected chi connectivity index (χ2v) is 9.35. The molecule has 0 aliphatic heterocycles. The molecule has 1 aromatic heterocycles. The van der Waals surface area contributed by atoms with E-state index in [9.17, 15) is 9.59 Å². The van der Waals surface area contributed by atoms with Crippen molar-refractivity contribution in [3.8, 4) is 17.0 Å². The molecule has 6 nitrogen and oxygen atoms in total. The Labute approximate surface area is 198 Å². The van der Waals surface area contributed by atoms with Crippen molar-refractivity contribution in [3.63, 3.8) is 0 Å². The van der Waals surface area contributed by atoms with E-state index < -0.39 is 0 Å². The van der Waals surface area contributed by atoms with Crippen LogP contribution in [0.3, 0.4) is 0 Å². The van der Waals surface area contributed by atoms with E-state index in [2.05, 4.69) is 27.8 Å². The van der Waals surface area contributed by atoms with Gasteiger partial charge in [0.25, 0.3) is 0 Å². The van der Waals surface area contributed by atoms with Gasteiger partial charge in [-0.25, -0.2) is 4.98 Å². The summed E-state index contributed by atoms with van der Waals surface area (Å²) < 4.78 is 5.34. The summed E-state index contributed by atoms with van der Waals surface area (Å²) in [6.07, 6.45) is 3.57. The van der Waals surface area contributed by atoms with Gasteiger partial charge in [0.1, 0.15) is 5.75 Å². The van der Waals surface area contributed by atoms with Gasteiger partial charge in [0.05, 0.1) is 18.8 Å². The number of benzene rings is 2. The summed E-state index contributed by atoms with van der Waals surface area (Å²) in [4.78, 5) is 28.6. The third-order valence-electron chi connectivity index (χ3n) is 6.10. The lowest BCUT2D eigenvalue weighted by molar-refractivity contribution is -0.119. The molecule has 2 atom stereocenters. The fourth-order valence-electron chi connectivity index (χ4n) is 4.42. The molecule has 4 rings (SSSR count). The number of fused-ring (bicyclic) bond motifs is 1. The Kier molecular flexibility index (Phi) is 7.08. The first-order valence-electron chi connectivity index (χ1n) is 11.2. The zero-order valence-corrected chi connectivity index (χ0v) is 20.0. The molecule has 2 amide bonds. The van der Waals surface area contributed by atoms with E-state index in [1.54, 1.807) is 7.11 Å². The molecule has 172 valence electrons. The number of nitrogens with one attached hydrogen (secondary N) is 2. The van der Waals surface area contributed by atoms with Gasteiger partial charge in [0, 0.05) is 24.3 Å². The van der Waals surface area contributed by atoms with Gasteiger partial charge in [-0.1, -0.05) is 30.3 Å². The maximum atomic E-state index is 12.8. The average molecular weight is 464 g/mol. The molecule has 1 aliphatic carbocycles. The lowest BCUT2D eigenvalue weighted by Gasteiger charge is -2.25. The summed E-state index contributed by atoms with van der Waals surface area (Å²) in [5.41, 5.74) is 5.37. The second kappa shape index (κ2) is 10.2. The van der Waals surface area contributed by atoms with Gasteiger partial charge in [-0.3, -0.25) is 9.59 Å². The highest BCUT2D eigenvalue weighted by molar-refractivity contribution is 7.14. The minimum atomic E-state index is -0.0529. The Balaban J connectivity index is 1.38. The molecule has 2 N–H and O–H groups in total. The van der Waals surface area contributed by atoms with Gasteiger partial charge in [-0.15, -0.1) is 11.3 Å². The molecule has 0 saturated heterocycles. The highest BCUT2D eigenvalue weighted by Gasteiger charge is 2.23. The molecule has 0 spiro atoms. The number of carbonyl (C=O) groups excluding carboxylic acids is 2. The lowest BCUT2D eigenvalue weighted by atomic mass is 9.81. The van der Waals surface area contributed by atoms with Crippen molar-refractivity contribution in [2.75, 3.05) is 12.4 Å². The standard InChI is InChI=1S/C26H29N3O3S/c1-16(27-17(2)30)18-7-9-19(10-8-18)24-15-33-26(28-24)29-25(31)14-21-6-4-5-20-13-22(32-3)11-12-23(20)21/h7-13,15-16,21H,4-6,14H2,1-3H3,(H,27,30)(H,28,29,31). The smallest absolute Gasteiger partial charge is 0.226 e. The molecule has 7 heteroatoms. The van der Waals surface area contributed by atoms with Gasteiger partial charge >= 0.3 is 0 Å². The largest absolute Gasteiger partial charge is 0.497 e. The maximum absolute atomic E-state index is 12.8. The maximum Gasteiger partial charge on any atom is 0.226 e. The summed E-state index contributed by atoms with van der Waals surface area (Å²) in [5.74, 6) is 1.02. The number of hydrogen-bond donors (Lipinski definition) is 2. The summed E-state index contributed by atoms with van der Waals surface area (Å²) in [5, 5.41) is 8.42. The van der Waals surface area contributed by atoms with Gasteiger partial charge < -0.3 is 15.4 Å². The van der Waals surface area contributed by atoms with Crippen molar-refractivity contribution in [3.05, 3.63) is 64.5 Å². The SMILES string of the molecule is COc1ccc2c(c1)CCCC2CC(=O)Nc1nc(-c2ccc(C(C)NC(C)=O)cc2)cs1. The minimum Gasteiger partial charge on any atom is -0.497 e. The minimum absolute atomic E-state index is 0.0101. The van der Waals surface area contributed by atoms with Crippen LogP contribution in [0.2, 0.25) is 0 Å². The van der Waals surface area contributed by atoms with E-state index in [4.69, 9.17) is 4.74 Å². The summed E-state index contributed by atoms with van der Waals surface area (Å²) in [6.45, 7) is 3.47. The molecular formula is C26H29N3O3S. The first-order valence-corrected chi connectivity index (χ1v) is 12.1. The Morgan fingerprint density at radius 3 is 2.73 bits per heavy atom. The number of aromatic nitrogens is 1. The first kappa shape index (κ1) is 23.0. The molecule has 2 aromatic carbocycles.